The first-order valence-corrected chi connectivity index (χ1v) is 8.24. The number of hydrogen-bond donors (Lipinski definition) is 1. The molecule has 1 fully saturated rings. The zero-order valence-electron chi connectivity index (χ0n) is 13.7. The molecule has 0 spiro atoms. The number of amides is 2. The van der Waals surface area contributed by atoms with Crippen LogP contribution >= 0.6 is 0 Å². The minimum Gasteiger partial charge on any atom is -0.331 e. The number of nitrogens with one attached hydrogen (secondary N) is 1. The minimum atomic E-state index is -0.0298. The van der Waals surface area contributed by atoms with Crippen molar-refractivity contribution in [2.24, 2.45) is 0 Å². The fourth-order valence-corrected chi connectivity index (χ4v) is 3.21. The lowest BCUT2D eigenvalue weighted by atomic mass is 9.98. The van der Waals surface area contributed by atoms with Crippen molar-refractivity contribution in [3.8, 4) is 0 Å². The maximum Gasteiger partial charge on any atom is 0.258 e. The van der Waals surface area contributed by atoms with Gasteiger partial charge in [0, 0.05) is 19.4 Å². The van der Waals surface area contributed by atoms with Gasteiger partial charge in [0.15, 0.2) is 0 Å². The fourth-order valence-electron chi connectivity index (χ4n) is 3.21. The van der Waals surface area contributed by atoms with E-state index >= 15 is 0 Å². The molecule has 4 nitrogen and oxygen atoms in total. The van der Waals surface area contributed by atoms with Crippen molar-refractivity contribution in [1.82, 2.24) is 10.2 Å². The summed E-state index contributed by atoms with van der Waals surface area (Å²) in [6.45, 7) is 4.67. The highest BCUT2D eigenvalue weighted by Gasteiger charge is 2.33. The van der Waals surface area contributed by atoms with E-state index in [9.17, 15) is 9.59 Å². The molecule has 0 aromatic heterocycles. The largest absolute Gasteiger partial charge is 0.331 e. The molecule has 1 heterocycles. The van der Waals surface area contributed by atoms with Crippen LogP contribution in [-0.2, 0) is 9.59 Å². The van der Waals surface area contributed by atoms with Gasteiger partial charge >= 0.3 is 0 Å². The number of carbonyl (C=O) groups is 2. The van der Waals surface area contributed by atoms with Crippen LogP contribution in [0, 0.1) is 6.92 Å². The predicted molar refractivity (Wildman–Crippen MR) is 88.5 cm³/mol. The molecule has 2 amide bonds. The number of likely N-dealkylation sites (tertiary alicyclic amines) is 1. The average molecular weight is 310 g/mol. The molecular weight excluding hydrogens is 288 g/mol. The topological polar surface area (TPSA) is 49.4 Å². The average Bonchev–Trinajstić information content (AvgIpc) is 2.99. The van der Waals surface area contributed by atoms with Gasteiger partial charge in [0.2, 0.25) is 5.91 Å². The first-order valence-electron chi connectivity index (χ1n) is 8.24. The lowest BCUT2D eigenvalue weighted by Crippen LogP contribution is -2.34. The van der Waals surface area contributed by atoms with Gasteiger partial charge < -0.3 is 10.2 Å². The Morgan fingerprint density at radius 1 is 1.39 bits per heavy atom. The lowest BCUT2D eigenvalue weighted by molar-refractivity contribution is -0.128. The van der Waals surface area contributed by atoms with Crippen molar-refractivity contribution in [2.75, 3.05) is 6.54 Å². The van der Waals surface area contributed by atoms with E-state index in [1.165, 1.54) is 11.1 Å². The van der Waals surface area contributed by atoms with Crippen LogP contribution in [-0.4, -0.2) is 23.3 Å². The van der Waals surface area contributed by atoms with E-state index in [0.717, 1.165) is 25.1 Å². The molecule has 1 N–H and O–H groups in total. The van der Waals surface area contributed by atoms with Gasteiger partial charge in [-0.3, -0.25) is 9.59 Å². The van der Waals surface area contributed by atoms with Gasteiger partial charge in [0.25, 0.3) is 5.91 Å². The molecular formula is C19H22N2O2. The monoisotopic (exact) mass is 310 g/mol. The molecule has 1 unspecified atom stereocenters. The quantitative estimate of drug-likeness (QED) is 0.869. The fraction of sp³-hybridized carbons (Fsp3) is 0.421. The Morgan fingerprint density at radius 3 is 2.87 bits per heavy atom. The van der Waals surface area contributed by atoms with Crippen molar-refractivity contribution in [3.63, 3.8) is 0 Å². The molecule has 3 rings (SSSR count). The molecule has 4 heteroatoms. The summed E-state index contributed by atoms with van der Waals surface area (Å²) in [5.41, 5.74) is 6.84. The van der Waals surface area contributed by atoms with Crippen molar-refractivity contribution in [1.29, 1.82) is 0 Å². The second-order valence-electron chi connectivity index (χ2n) is 6.23. The second kappa shape index (κ2) is 6.43. The molecule has 2 aliphatic rings. The Balaban J connectivity index is 1.75. The summed E-state index contributed by atoms with van der Waals surface area (Å²) in [6, 6.07) is 8.54. The molecule has 1 aromatic carbocycles. The minimum absolute atomic E-state index is 0.0298. The summed E-state index contributed by atoms with van der Waals surface area (Å²) >= 11 is 0. The van der Waals surface area contributed by atoms with Crippen LogP contribution in [0.3, 0.4) is 0 Å². The van der Waals surface area contributed by atoms with Crippen molar-refractivity contribution < 1.29 is 9.59 Å². The van der Waals surface area contributed by atoms with E-state index in [1.807, 2.05) is 11.0 Å². The van der Waals surface area contributed by atoms with Gasteiger partial charge in [-0.15, -0.1) is 0 Å². The van der Waals surface area contributed by atoms with Gasteiger partial charge in [0.1, 0.15) is 0 Å². The highest BCUT2D eigenvalue weighted by molar-refractivity contribution is 5.96. The van der Waals surface area contributed by atoms with E-state index in [0.29, 0.717) is 18.4 Å². The Kier molecular flexibility index (Phi) is 4.35. The number of hydrogen-bond acceptors (Lipinski definition) is 2. The summed E-state index contributed by atoms with van der Waals surface area (Å²) in [5, 5.41) is 2.77. The third-order valence-electron chi connectivity index (χ3n) is 4.47. The number of nitrogens with zero attached hydrogens (tertiary/aromatic N) is 1. The first kappa shape index (κ1) is 15.6. The molecule has 0 bridgehead atoms. The summed E-state index contributed by atoms with van der Waals surface area (Å²) < 4.78 is 0. The lowest BCUT2D eigenvalue weighted by Gasteiger charge is -2.27. The van der Waals surface area contributed by atoms with E-state index in [-0.39, 0.29) is 17.9 Å². The van der Waals surface area contributed by atoms with Crippen LogP contribution in [0.15, 0.2) is 41.3 Å². The zero-order valence-corrected chi connectivity index (χ0v) is 13.7. The van der Waals surface area contributed by atoms with Gasteiger partial charge in [-0.25, -0.2) is 0 Å². The molecule has 1 aliphatic carbocycles. The highest BCUT2D eigenvalue weighted by Crippen LogP contribution is 2.34. The van der Waals surface area contributed by atoms with E-state index in [2.05, 4.69) is 36.2 Å². The van der Waals surface area contributed by atoms with E-state index in [1.54, 1.807) is 6.92 Å². The normalized spacial score (nSPS) is 19.7. The summed E-state index contributed by atoms with van der Waals surface area (Å²) in [7, 11) is 0. The number of rotatable bonds is 4. The molecule has 120 valence electrons. The predicted octanol–water partition coefficient (Wildman–Crippen LogP) is 3.00. The molecule has 1 aromatic rings. The molecule has 0 radical (unpaired) electrons. The Labute approximate surface area is 136 Å². The number of aryl methyl sites for hydroxylation is 1. The Morgan fingerprint density at radius 2 is 2.17 bits per heavy atom. The standard InChI is InChI=1S/C19H22N2O2/c1-3-18(22)20-16-11-15(12-16)19(23)21-9-5-8-17(21)14-7-4-6-13(2)10-14/h4,6-7,10,17H,3,5,8-9,11H2,1-2H3,(H,20,22). The molecule has 23 heavy (non-hydrogen) atoms. The second-order valence-corrected chi connectivity index (χ2v) is 6.23. The van der Waals surface area contributed by atoms with Gasteiger partial charge in [-0.2, -0.15) is 0 Å². The van der Waals surface area contributed by atoms with Crippen LogP contribution in [0.5, 0.6) is 0 Å². The van der Waals surface area contributed by atoms with Crippen LogP contribution in [0.4, 0.5) is 0 Å². The van der Waals surface area contributed by atoms with E-state index < -0.39 is 0 Å². The molecule has 1 aliphatic heterocycles. The first-order chi connectivity index (χ1) is 11.1. The van der Waals surface area contributed by atoms with Crippen molar-refractivity contribution in [2.45, 2.75) is 45.6 Å². The summed E-state index contributed by atoms with van der Waals surface area (Å²) in [5.74, 6) is 0.0290. The van der Waals surface area contributed by atoms with Crippen LogP contribution in [0.1, 0.15) is 49.8 Å². The van der Waals surface area contributed by atoms with Gasteiger partial charge in [-0.1, -0.05) is 42.5 Å². The maximum absolute atomic E-state index is 12.7. The Hall–Kier alpha value is -2.32. The molecule has 0 saturated carbocycles. The summed E-state index contributed by atoms with van der Waals surface area (Å²) in [6.07, 6.45) is 2.99. The third-order valence-corrected chi connectivity index (χ3v) is 4.47. The van der Waals surface area contributed by atoms with Crippen LogP contribution < -0.4 is 5.32 Å². The zero-order chi connectivity index (χ0) is 16.4. The van der Waals surface area contributed by atoms with Crippen molar-refractivity contribution >= 4 is 11.8 Å². The molecule has 1 atom stereocenters. The Bertz CT molecular complexity index is 714. The van der Waals surface area contributed by atoms with Crippen LogP contribution in [0.25, 0.3) is 0 Å². The smallest absolute Gasteiger partial charge is 0.258 e. The summed E-state index contributed by atoms with van der Waals surface area (Å²) in [4.78, 5) is 26.0. The van der Waals surface area contributed by atoms with Gasteiger partial charge in [-0.05, 0) is 25.3 Å². The van der Waals surface area contributed by atoms with Crippen LogP contribution in [0.2, 0.25) is 0 Å². The van der Waals surface area contributed by atoms with E-state index in [4.69, 9.17) is 0 Å². The maximum atomic E-state index is 12.7. The SMILES string of the molecule is CCC(=O)NC1=C=C(C(=O)N2CCCC2c2cccc(C)c2)C1. The van der Waals surface area contributed by atoms with Gasteiger partial charge in [0.05, 0.1) is 17.3 Å². The highest BCUT2D eigenvalue weighted by atomic mass is 16.2. The molecule has 1 saturated heterocycles. The van der Waals surface area contributed by atoms with Crippen molar-refractivity contribution in [3.05, 3.63) is 52.4 Å². The number of benzene rings is 1. The third kappa shape index (κ3) is 3.22. The number of carbonyl (C=O) groups excluding carboxylic acids is 2.